The van der Waals surface area contributed by atoms with E-state index in [1.54, 1.807) is 12.4 Å². The monoisotopic (exact) mass is 189 g/mol. The lowest BCUT2D eigenvalue weighted by atomic mass is 10.1. The van der Waals surface area contributed by atoms with Crippen molar-refractivity contribution in [2.75, 3.05) is 19.6 Å². The van der Waals surface area contributed by atoms with E-state index in [4.69, 9.17) is 0 Å². The molecule has 0 spiro atoms. The quantitative estimate of drug-likeness (QED) is 0.633. The van der Waals surface area contributed by atoms with Gasteiger partial charge in [0.05, 0.1) is 11.6 Å². The maximum Gasteiger partial charge on any atom is 0.256 e. The van der Waals surface area contributed by atoms with Crippen LogP contribution >= 0.6 is 0 Å². The maximum absolute atomic E-state index is 11.9. The van der Waals surface area contributed by atoms with Gasteiger partial charge in [-0.05, 0) is 11.6 Å². The first-order chi connectivity index (χ1) is 6.88. The third-order valence-corrected chi connectivity index (χ3v) is 2.95. The summed E-state index contributed by atoms with van der Waals surface area (Å²) in [5, 5.41) is 3.30. The minimum absolute atomic E-state index is 0.139. The SMILES string of the molecule is O=C1c2cnccc2C2CNCCN12. The highest BCUT2D eigenvalue weighted by atomic mass is 16.2. The number of fused-ring (bicyclic) bond motifs is 3. The average molecular weight is 189 g/mol. The number of pyridine rings is 1. The van der Waals surface area contributed by atoms with E-state index >= 15 is 0 Å². The largest absolute Gasteiger partial charge is 0.329 e. The van der Waals surface area contributed by atoms with Crippen molar-refractivity contribution in [1.29, 1.82) is 0 Å². The number of nitrogens with zero attached hydrogens (tertiary/aromatic N) is 2. The van der Waals surface area contributed by atoms with Crippen molar-refractivity contribution in [1.82, 2.24) is 15.2 Å². The first-order valence-corrected chi connectivity index (χ1v) is 4.83. The Hall–Kier alpha value is -1.42. The predicted molar refractivity (Wildman–Crippen MR) is 50.9 cm³/mol. The minimum atomic E-state index is 0.139. The van der Waals surface area contributed by atoms with E-state index in [1.807, 2.05) is 11.0 Å². The van der Waals surface area contributed by atoms with Crippen LogP contribution in [0.5, 0.6) is 0 Å². The summed E-state index contributed by atoms with van der Waals surface area (Å²) in [6, 6.07) is 2.18. The Morgan fingerprint density at radius 3 is 3.43 bits per heavy atom. The third kappa shape index (κ3) is 0.915. The lowest BCUT2D eigenvalue weighted by Crippen LogP contribution is -2.44. The van der Waals surface area contributed by atoms with Gasteiger partial charge in [0.1, 0.15) is 0 Å². The minimum Gasteiger partial charge on any atom is -0.329 e. The molecule has 0 saturated carbocycles. The molecule has 72 valence electrons. The van der Waals surface area contributed by atoms with Crippen LogP contribution in [0.3, 0.4) is 0 Å². The van der Waals surface area contributed by atoms with Crippen LogP contribution < -0.4 is 5.32 Å². The second kappa shape index (κ2) is 2.78. The van der Waals surface area contributed by atoms with Crippen molar-refractivity contribution >= 4 is 5.91 Å². The fourth-order valence-corrected chi connectivity index (χ4v) is 2.25. The smallest absolute Gasteiger partial charge is 0.256 e. The molecule has 1 unspecified atom stereocenters. The molecule has 4 heteroatoms. The summed E-state index contributed by atoms with van der Waals surface area (Å²) >= 11 is 0. The van der Waals surface area contributed by atoms with Crippen LogP contribution in [-0.4, -0.2) is 35.4 Å². The highest BCUT2D eigenvalue weighted by molar-refractivity contribution is 5.99. The van der Waals surface area contributed by atoms with Crippen LogP contribution in [0.15, 0.2) is 18.5 Å². The number of hydrogen-bond acceptors (Lipinski definition) is 3. The first kappa shape index (κ1) is 7.94. The number of piperazine rings is 1. The van der Waals surface area contributed by atoms with Crippen LogP contribution in [0.2, 0.25) is 0 Å². The molecule has 2 aliphatic rings. The molecule has 3 rings (SSSR count). The second-order valence-corrected chi connectivity index (χ2v) is 3.68. The molecule has 1 aromatic heterocycles. The van der Waals surface area contributed by atoms with E-state index < -0.39 is 0 Å². The number of rotatable bonds is 0. The van der Waals surface area contributed by atoms with Gasteiger partial charge in [-0.1, -0.05) is 0 Å². The normalized spacial score (nSPS) is 24.7. The molecular weight excluding hydrogens is 178 g/mol. The zero-order valence-electron chi connectivity index (χ0n) is 7.73. The van der Waals surface area contributed by atoms with Gasteiger partial charge in [-0.3, -0.25) is 9.78 Å². The number of amides is 1. The molecule has 1 amide bonds. The van der Waals surface area contributed by atoms with E-state index in [2.05, 4.69) is 10.3 Å². The average Bonchev–Trinajstić information content (AvgIpc) is 2.55. The lowest BCUT2D eigenvalue weighted by molar-refractivity contribution is 0.0690. The Balaban J connectivity index is 2.11. The fourth-order valence-electron chi connectivity index (χ4n) is 2.25. The lowest BCUT2D eigenvalue weighted by Gasteiger charge is -2.30. The molecule has 2 aliphatic heterocycles. The molecular formula is C10H11N3O. The van der Waals surface area contributed by atoms with Crippen LogP contribution in [0.1, 0.15) is 22.0 Å². The number of nitrogens with one attached hydrogen (secondary N) is 1. The highest BCUT2D eigenvalue weighted by Gasteiger charge is 2.37. The van der Waals surface area contributed by atoms with E-state index in [0.717, 1.165) is 30.8 Å². The molecule has 0 radical (unpaired) electrons. The molecule has 1 aromatic rings. The zero-order valence-corrected chi connectivity index (χ0v) is 7.73. The van der Waals surface area contributed by atoms with Gasteiger partial charge in [0.15, 0.2) is 0 Å². The molecule has 1 N–H and O–H groups in total. The first-order valence-electron chi connectivity index (χ1n) is 4.83. The van der Waals surface area contributed by atoms with Crippen molar-refractivity contribution in [3.8, 4) is 0 Å². The topological polar surface area (TPSA) is 45.2 Å². The Bertz CT molecular complexity index is 391. The number of aromatic nitrogens is 1. The summed E-state index contributed by atoms with van der Waals surface area (Å²) in [6.45, 7) is 2.56. The Morgan fingerprint density at radius 1 is 1.57 bits per heavy atom. The summed E-state index contributed by atoms with van der Waals surface area (Å²) in [7, 11) is 0. The summed E-state index contributed by atoms with van der Waals surface area (Å²) in [5.74, 6) is 0.139. The number of hydrogen-bond donors (Lipinski definition) is 1. The predicted octanol–water partition coefficient (Wildman–Crippen LogP) is 0.182. The van der Waals surface area contributed by atoms with Gasteiger partial charge < -0.3 is 10.2 Å². The molecule has 14 heavy (non-hydrogen) atoms. The molecule has 1 fully saturated rings. The zero-order chi connectivity index (χ0) is 9.54. The van der Waals surface area contributed by atoms with Gasteiger partial charge in [0.25, 0.3) is 5.91 Å². The second-order valence-electron chi connectivity index (χ2n) is 3.68. The van der Waals surface area contributed by atoms with Crippen molar-refractivity contribution in [3.05, 3.63) is 29.6 Å². The van der Waals surface area contributed by atoms with Gasteiger partial charge in [-0.25, -0.2) is 0 Å². The Labute approximate surface area is 81.9 Å². The molecule has 0 aromatic carbocycles. The fraction of sp³-hybridized carbons (Fsp3) is 0.400. The van der Waals surface area contributed by atoms with E-state index in [-0.39, 0.29) is 11.9 Å². The van der Waals surface area contributed by atoms with Crippen molar-refractivity contribution in [3.63, 3.8) is 0 Å². The molecule has 0 aliphatic carbocycles. The van der Waals surface area contributed by atoms with Gasteiger partial charge in [0, 0.05) is 32.0 Å². The Kier molecular flexibility index (Phi) is 1.58. The Morgan fingerprint density at radius 2 is 2.50 bits per heavy atom. The van der Waals surface area contributed by atoms with E-state index in [1.165, 1.54) is 0 Å². The maximum atomic E-state index is 11.9. The molecule has 0 bridgehead atoms. The van der Waals surface area contributed by atoms with Gasteiger partial charge in [0.2, 0.25) is 0 Å². The number of carbonyl (C=O) groups is 1. The van der Waals surface area contributed by atoms with Crippen molar-refractivity contribution in [2.45, 2.75) is 6.04 Å². The van der Waals surface area contributed by atoms with E-state index in [9.17, 15) is 4.79 Å². The van der Waals surface area contributed by atoms with E-state index in [0.29, 0.717) is 0 Å². The summed E-state index contributed by atoms with van der Waals surface area (Å²) in [5.41, 5.74) is 1.90. The van der Waals surface area contributed by atoms with Crippen LogP contribution in [0.4, 0.5) is 0 Å². The third-order valence-electron chi connectivity index (χ3n) is 2.95. The van der Waals surface area contributed by atoms with Gasteiger partial charge >= 0.3 is 0 Å². The molecule has 1 saturated heterocycles. The van der Waals surface area contributed by atoms with Crippen LogP contribution in [0.25, 0.3) is 0 Å². The van der Waals surface area contributed by atoms with Crippen LogP contribution in [-0.2, 0) is 0 Å². The highest BCUT2D eigenvalue weighted by Crippen LogP contribution is 2.33. The van der Waals surface area contributed by atoms with Gasteiger partial charge in [-0.15, -0.1) is 0 Å². The van der Waals surface area contributed by atoms with Crippen molar-refractivity contribution in [2.24, 2.45) is 0 Å². The van der Waals surface area contributed by atoms with Crippen molar-refractivity contribution < 1.29 is 4.79 Å². The standard InChI is InChI=1S/C10H11N3O/c14-10-8-5-11-2-1-7(8)9-6-12-3-4-13(9)10/h1-2,5,9,12H,3-4,6H2. The summed E-state index contributed by atoms with van der Waals surface area (Å²) in [4.78, 5) is 17.8. The number of carbonyl (C=O) groups excluding carboxylic acids is 1. The molecule has 3 heterocycles. The van der Waals surface area contributed by atoms with Crippen LogP contribution in [0, 0.1) is 0 Å². The molecule has 1 atom stereocenters. The molecule has 4 nitrogen and oxygen atoms in total. The van der Waals surface area contributed by atoms with Gasteiger partial charge in [-0.2, -0.15) is 0 Å². The summed E-state index contributed by atoms with van der Waals surface area (Å²) in [6.07, 6.45) is 3.43. The summed E-state index contributed by atoms with van der Waals surface area (Å²) < 4.78 is 0.